The van der Waals surface area contributed by atoms with Crippen LogP contribution in [0.15, 0.2) is 22.7 Å². The van der Waals surface area contributed by atoms with Gasteiger partial charge in [0.2, 0.25) is 0 Å². The molecule has 0 bridgehead atoms. The first-order chi connectivity index (χ1) is 8.75. The summed E-state index contributed by atoms with van der Waals surface area (Å²) in [6.07, 6.45) is 0.725. The summed E-state index contributed by atoms with van der Waals surface area (Å²) < 4.78 is 0.826. The fourth-order valence-corrected chi connectivity index (χ4v) is 2.52. The molecule has 0 saturated heterocycles. The van der Waals surface area contributed by atoms with Gasteiger partial charge in [0, 0.05) is 16.4 Å². The standard InChI is InChI=1S/C14H18BrCl2NO/c1-14(2,3)12(6-7-16)18-13(19)10-8-9(15)4-5-11(10)17/h4-5,8,12H,6-7H2,1-3H3,(H,18,19). The van der Waals surface area contributed by atoms with Crippen molar-refractivity contribution in [3.8, 4) is 0 Å². The number of nitrogens with one attached hydrogen (secondary N) is 1. The molecule has 0 fully saturated rings. The van der Waals surface area contributed by atoms with Gasteiger partial charge >= 0.3 is 0 Å². The highest BCUT2D eigenvalue weighted by Crippen LogP contribution is 2.25. The molecule has 1 aromatic rings. The SMILES string of the molecule is CC(C)(C)C(CCCl)NC(=O)c1cc(Br)ccc1Cl. The third-order valence-electron chi connectivity index (χ3n) is 2.92. The summed E-state index contributed by atoms with van der Waals surface area (Å²) in [5.41, 5.74) is 0.420. The Labute approximate surface area is 133 Å². The highest BCUT2D eigenvalue weighted by molar-refractivity contribution is 9.10. The quantitative estimate of drug-likeness (QED) is 0.756. The maximum absolute atomic E-state index is 12.3. The molecule has 1 amide bonds. The number of halogens is 3. The van der Waals surface area contributed by atoms with Crippen LogP contribution in [0.2, 0.25) is 5.02 Å². The lowest BCUT2D eigenvalue weighted by Crippen LogP contribution is -2.44. The molecule has 106 valence electrons. The van der Waals surface area contributed by atoms with Gasteiger partial charge in [0.15, 0.2) is 0 Å². The molecule has 0 aliphatic rings. The maximum atomic E-state index is 12.3. The molecule has 0 aliphatic heterocycles. The Morgan fingerprint density at radius 1 is 1.42 bits per heavy atom. The molecule has 1 atom stereocenters. The van der Waals surface area contributed by atoms with E-state index in [1.807, 2.05) is 0 Å². The Bertz CT molecular complexity index is 457. The summed E-state index contributed by atoms with van der Waals surface area (Å²) in [6, 6.07) is 5.23. The van der Waals surface area contributed by atoms with E-state index in [0.717, 1.165) is 10.9 Å². The van der Waals surface area contributed by atoms with Crippen LogP contribution in [-0.4, -0.2) is 17.8 Å². The lowest BCUT2D eigenvalue weighted by Gasteiger charge is -2.31. The maximum Gasteiger partial charge on any atom is 0.253 e. The third-order valence-corrected chi connectivity index (χ3v) is 3.96. The molecule has 1 aromatic carbocycles. The van der Waals surface area contributed by atoms with E-state index in [2.05, 4.69) is 42.0 Å². The van der Waals surface area contributed by atoms with E-state index in [1.165, 1.54) is 0 Å². The lowest BCUT2D eigenvalue weighted by molar-refractivity contribution is 0.0900. The van der Waals surface area contributed by atoms with Gasteiger partial charge in [-0.15, -0.1) is 11.6 Å². The zero-order valence-corrected chi connectivity index (χ0v) is 14.4. The molecule has 5 heteroatoms. The Morgan fingerprint density at radius 3 is 2.58 bits per heavy atom. The average Bonchev–Trinajstić information content (AvgIpc) is 2.30. The minimum atomic E-state index is -0.170. The summed E-state index contributed by atoms with van der Waals surface area (Å²) in [4.78, 5) is 12.3. The summed E-state index contributed by atoms with van der Waals surface area (Å²) in [6.45, 7) is 6.23. The van der Waals surface area contributed by atoms with E-state index in [-0.39, 0.29) is 17.4 Å². The van der Waals surface area contributed by atoms with Crippen LogP contribution in [0.25, 0.3) is 0 Å². The number of carbonyl (C=O) groups is 1. The predicted molar refractivity (Wildman–Crippen MR) is 85.2 cm³/mol. The summed E-state index contributed by atoms with van der Waals surface area (Å²) in [7, 11) is 0. The van der Waals surface area contributed by atoms with Crippen molar-refractivity contribution < 1.29 is 4.79 Å². The first-order valence-electron chi connectivity index (χ1n) is 6.07. The van der Waals surface area contributed by atoms with Gasteiger partial charge in [0.1, 0.15) is 0 Å². The number of benzene rings is 1. The molecule has 2 nitrogen and oxygen atoms in total. The van der Waals surface area contributed by atoms with Crippen molar-refractivity contribution in [3.63, 3.8) is 0 Å². The summed E-state index contributed by atoms with van der Waals surface area (Å²) in [5.74, 6) is 0.338. The average molecular weight is 367 g/mol. The predicted octanol–water partition coefficient (Wildman–Crippen LogP) is 4.88. The van der Waals surface area contributed by atoms with Gasteiger partial charge in [-0.1, -0.05) is 48.3 Å². The van der Waals surface area contributed by atoms with Crippen LogP contribution in [0.4, 0.5) is 0 Å². The number of hydrogen-bond acceptors (Lipinski definition) is 1. The topological polar surface area (TPSA) is 29.1 Å². The van der Waals surface area contributed by atoms with E-state index in [0.29, 0.717) is 16.5 Å². The van der Waals surface area contributed by atoms with Crippen molar-refractivity contribution in [1.82, 2.24) is 5.32 Å². The second-order valence-electron chi connectivity index (χ2n) is 5.49. The van der Waals surface area contributed by atoms with Gasteiger partial charge in [-0.25, -0.2) is 0 Å². The van der Waals surface area contributed by atoms with Crippen molar-refractivity contribution in [2.75, 3.05) is 5.88 Å². The number of rotatable bonds is 4. The molecular formula is C14H18BrCl2NO. The van der Waals surface area contributed by atoms with Crippen LogP contribution in [0, 0.1) is 5.41 Å². The molecular weight excluding hydrogens is 349 g/mol. The molecule has 1 unspecified atom stereocenters. The number of alkyl halides is 1. The Morgan fingerprint density at radius 2 is 2.05 bits per heavy atom. The zero-order chi connectivity index (χ0) is 14.6. The minimum absolute atomic E-state index is 0.00699. The molecule has 0 radical (unpaired) electrons. The fourth-order valence-electron chi connectivity index (χ4n) is 1.74. The number of amides is 1. The van der Waals surface area contributed by atoms with E-state index in [1.54, 1.807) is 18.2 Å². The zero-order valence-electron chi connectivity index (χ0n) is 11.3. The highest BCUT2D eigenvalue weighted by atomic mass is 79.9. The molecule has 0 aromatic heterocycles. The first kappa shape index (κ1) is 16.8. The molecule has 1 rings (SSSR count). The molecule has 0 saturated carbocycles. The molecule has 0 spiro atoms. The Balaban J connectivity index is 2.91. The van der Waals surface area contributed by atoms with Crippen LogP contribution in [0.1, 0.15) is 37.6 Å². The summed E-state index contributed by atoms with van der Waals surface area (Å²) >= 11 is 15.2. The van der Waals surface area contributed by atoms with Gasteiger partial charge in [0.25, 0.3) is 5.91 Å². The van der Waals surface area contributed by atoms with Crippen LogP contribution >= 0.6 is 39.1 Å². The summed E-state index contributed by atoms with van der Waals surface area (Å²) in [5, 5.41) is 3.46. The highest BCUT2D eigenvalue weighted by Gasteiger charge is 2.26. The lowest BCUT2D eigenvalue weighted by atomic mass is 9.85. The van der Waals surface area contributed by atoms with Crippen LogP contribution in [-0.2, 0) is 0 Å². The van der Waals surface area contributed by atoms with Gasteiger partial charge < -0.3 is 5.32 Å². The largest absolute Gasteiger partial charge is 0.349 e. The molecule has 0 aliphatic carbocycles. The Hall–Kier alpha value is -0.250. The van der Waals surface area contributed by atoms with Crippen molar-refractivity contribution in [2.45, 2.75) is 33.2 Å². The van der Waals surface area contributed by atoms with Crippen molar-refractivity contribution in [3.05, 3.63) is 33.3 Å². The first-order valence-corrected chi connectivity index (χ1v) is 7.78. The van der Waals surface area contributed by atoms with Crippen molar-refractivity contribution >= 4 is 45.0 Å². The minimum Gasteiger partial charge on any atom is -0.349 e. The monoisotopic (exact) mass is 365 g/mol. The smallest absolute Gasteiger partial charge is 0.253 e. The van der Waals surface area contributed by atoms with Crippen molar-refractivity contribution in [1.29, 1.82) is 0 Å². The fraction of sp³-hybridized carbons (Fsp3) is 0.500. The molecule has 19 heavy (non-hydrogen) atoms. The Kier molecular flexibility index (Phi) is 6.15. The second-order valence-corrected chi connectivity index (χ2v) is 7.19. The van der Waals surface area contributed by atoms with Gasteiger partial charge in [0.05, 0.1) is 10.6 Å². The molecule has 1 N–H and O–H groups in total. The van der Waals surface area contributed by atoms with Crippen LogP contribution in [0.5, 0.6) is 0 Å². The third kappa shape index (κ3) is 4.97. The normalized spacial score (nSPS) is 13.2. The van der Waals surface area contributed by atoms with E-state index >= 15 is 0 Å². The number of hydrogen-bond donors (Lipinski definition) is 1. The number of carbonyl (C=O) groups excluding carboxylic acids is 1. The van der Waals surface area contributed by atoms with Crippen LogP contribution < -0.4 is 5.32 Å². The van der Waals surface area contributed by atoms with Crippen LogP contribution in [0.3, 0.4) is 0 Å². The van der Waals surface area contributed by atoms with E-state index in [9.17, 15) is 4.79 Å². The van der Waals surface area contributed by atoms with E-state index < -0.39 is 0 Å². The van der Waals surface area contributed by atoms with Crippen molar-refractivity contribution in [2.24, 2.45) is 5.41 Å². The van der Waals surface area contributed by atoms with Gasteiger partial charge in [-0.05, 0) is 30.0 Å². The second kappa shape index (κ2) is 6.96. The van der Waals surface area contributed by atoms with Gasteiger partial charge in [-0.3, -0.25) is 4.79 Å². The molecule has 0 heterocycles. The van der Waals surface area contributed by atoms with Gasteiger partial charge in [-0.2, -0.15) is 0 Å². The van der Waals surface area contributed by atoms with E-state index in [4.69, 9.17) is 23.2 Å².